The SMILES string of the molecule is CC1(Nc2ccc([N+](=O)[O-])c3cnccc23)CCCC1. The smallest absolute Gasteiger partial charge is 0.278 e. The molecule has 0 bridgehead atoms. The predicted molar refractivity (Wildman–Crippen MR) is 78.9 cm³/mol. The van der Waals surface area contributed by atoms with Crippen molar-refractivity contribution in [2.45, 2.75) is 38.1 Å². The molecule has 1 aliphatic carbocycles. The summed E-state index contributed by atoms with van der Waals surface area (Å²) in [4.78, 5) is 14.7. The zero-order valence-corrected chi connectivity index (χ0v) is 11.4. The molecule has 0 radical (unpaired) electrons. The zero-order valence-electron chi connectivity index (χ0n) is 11.4. The van der Waals surface area contributed by atoms with Crippen LogP contribution in [0.15, 0.2) is 30.6 Å². The van der Waals surface area contributed by atoms with Crippen molar-refractivity contribution in [2.24, 2.45) is 0 Å². The summed E-state index contributed by atoms with van der Waals surface area (Å²) in [6.45, 7) is 2.22. The number of pyridine rings is 1. The summed E-state index contributed by atoms with van der Waals surface area (Å²) in [5, 5.41) is 16.1. The summed E-state index contributed by atoms with van der Waals surface area (Å²) in [6.07, 6.45) is 7.98. The van der Waals surface area contributed by atoms with E-state index in [0.717, 1.165) is 23.9 Å². The summed E-state index contributed by atoms with van der Waals surface area (Å²) in [5.41, 5.74) is 1.15. The van der Waals surface area contributed by atoms with Crippen LogP contribution in [0.2, 0.25) is 0 Å². The normalized spacial score (nSPS) is 17.2. The summed E-state index contributed by atoms with van der Waals surface area (Å²) in [5.74, 6) is 0. The highest BCUT2D eigenvalue weighted by Gasteiger charge is 2.29. The highest BCUT2D eigenvalue weighted by Crippen LogP contribution is 2.37. The number of anilines is 1. The highest BCUT2D eigenvalue weighted by molar-refractivity contribution is 5.99. The van der Waals surface area contributed by atoms with Crippen LogP contribution < -0.4 is 5.32 Å². The molecule has 1 N–H and O–H groups in total. The first-order valence-corrected chi connectivity index (χ1v) is 6.88. The average Bonchev–Trinajstić information content (AvgIpc) is 2.85. The fourth-order valence-corrected chi connectivity index (χ4v) is 3.05. The van der Waals surface area contributed by atoms with Gasteiger partial charge >= 0.3 is 0 Å². The molecule has 2 aromatic rings. The fraction of sp³-hybridized carbons (Fsp3) is 0.400. The van der Waals surface area contributed by atoms with Crippen LogP contribution in [0.4, 0.5) is 11.4 Å². The highest BCUT2D eigenvalue weighted by atomic mass is 16.6. The van der Waals surface area contributed by atoms with Gasteiger partial charge < -0.3 is 5.32 Å². The number of hydrogen-bond acceptors (Lipinski definition) is 4. The van der Waals surface area contributed by atoms with E-state index in [1.807, 2.05) is 12.1 Å². The monoisotopic (exact) mass is 271 g/mol. The molecule has 5 heteroatoms. The van der Waals surface area contributed by atoms with Crippen molar-refractivity contribution in [3.8, 4) is 0 Å². The topological polar surface area (TPSA) is 68.1 Å². The molecule has 1 fully saturated rings. The molecule has 1 aliphatic rings. The minimum Gasteiger partial charge on any atom is -0.379 e. The van der Waals surface area contributed by atoms with E-state index in [1.54, 1.807) is 18.5 Å². The van der Waals surface area contributed by atoms with Gasteiger partial charge in [0, 0.05) is 35.1 Å². The van der Waals surface area contributed by atoms with Crippen LogP contribution in [-0.4, -0.2) is 15.4 Å². The molecule has 5 nitrogen and oxygen atoms in total. The Kier molecular flexibility index (Phi) is 3.04. The van der Waals surface area contributed by atoms with E-state index in [9.17, 15) is 10.1 Å². The van der Waals surface area contributed by atoms with Gasteiger partial charge in [0.05, 0.1) is 10.3 Å². The van der Waals surface area contributed by atoms with Gasteiger partial charge in [-0.15, -0.1) is 0 Å². The Bertz CT molecular complexity index is 663. The van der Waals surface area contributed by atoms with E-state index in [4.69, 9.17) is 0 Å². The van der Waals surface area contributed by atoms with E-state index >= 15 is 0 Å². The number of aromatic nitrogens is 1. The second-order valence-corrected chi connectivity index (χ2v) is 5.70. The molecular formula is C15H17N3O2. The van der Waals surface area contributed by atoms with E-state index in [1.165, 1.54) is 12.8 Å². The Balaban J connectivity index is 2.08. The molecule has 20 heavy (non-hydrogen) atoms. The van der Waals surface area contributed by atoms with Gasteiger partial charge in [0.15, 0.2) is 0 Å². The molecule has 3 rings (SSSR count). The van der Waals surface area contributed by atoms with Crippen molar-refractivity contribution < 1.29 is 4.92 Å². The van der Waals surface area contributed by atoms with Crippen LogP contribution in [0.3, 0.4) is 0 Å². The van der Waals surface area contributed by atoms with Gasteiger partial charge in [0.1, 0.15) is 0 Å². The van der Waals surface area contributed by atoms with Gasteiger partial charge in [0.2, 0.25) is 0 Å². The molecule has 1 heterocycles. The Hall–Kier alpha value is -2.17. The second kappa shape index (κ2) is 4.74. The number of nitro groups is 1. The first kappa shape index (κ1) is 12.8. The van der Waals surface area contributed by atoms with Gasteiger partial charge in [-0.3, -0.25) is 15.1 Å². The first-order chi connectivity index (χ1) is 9.59. The lowest BCUT2D eigenvalue weighted by Gasteiger charge is -2.27. The van der Waals surface area contributed by atoms with E-state index < -0.39 is 0 Å². The number of nitro benzene ring substituents is 1. The molecule has 0 unspecified atom stereocenters. The van der Waals surface area contributed by atoms with E-state index in [-0.39, 0.29) is 16.1 Å². The van der Waals surface area contributed by atoms with E-state index in [0.29, 0.717) is 5.39 Å². The van der Waals surface area contributed by atoms with Crippen LogP contribution in [0.1, 0.15) is 32.6 Å². The van der Waals surface area contributed by atoms with Crippen LogP contribution in [0, 0.1) is 10.1 Å². The summed E-state index contributed by atoms with van der Waals surface area (Å²) < 4.78 is 0. The van der Waals surface area contributed by atoms with Gasteiger partial charge in [-0.2, -0.15) is 0 Å². The summed E-state index contributed by atoms with van der Waals surface area (Å²) in [7, 11) is 0. The van der Waals surface area contributed by atoms with Crippen LogP contribution in [-0.2, 0) is 0 Å². The van der Waals surface area contributed by atoms with Gasteiger partial charge in [-0.25, -0.2) is 0 Å². The second-order valence-electron chi connectivity index (χ2n) is 5.70. The maximum absolute atomic E-state index is 11.1. The lowest BCUT2D eigenvalue weighted by Crippen LogP contribution is -2.30. The Morgan fingerprint density at radius 3 is 2.70 bits per heavy atom. The third kappa shape index (κ3) is 2.19. The van der Waals surface area contributed by atoms with E-state index in [2.05, 4.69) is 17.2 Å². The van der Waals surface area contributed by atoms with Crippen LogP contribution in [0.5, 0.6) is 0 Å². The Morgan fingerprint density at radius 2 is 2.00 bits per heavy atom. The molecule has 1 aromatic heterocycles. The lowest BCUT2D eigenvalue weighted by atomic mass is 9.99. The molecular weight excluding hydrogens is 254 g/mol. The van der Waals surface area contributed by atoms with Gasteiger partial charge in [-0.05, 0) is 31.9 Å². The largest absolute Gasteiger partial charge is 0.379 e. The quantitative estimate of drug-likeness (QED) is 0.679. The molecule has 0 atom stereocenters. The average molecular weight is 271 g/mol. The first-order valence-electron chi connectivity index (χ1n) is 6.88. The van der Waals surface area contributed by atoms with Crippen molar-refractivity contribution in [1.82, 2.24) is 4.98 Å². The molecule has 1 saturated carbocycles. The minimum absolute atomic E-state index is 0.0896. The van der Waals surface area contributed by atoms with Crippen molar-refractivity contribution in [1.29, 1.82) is 0 Å². The third-order valence-corrected chi connectivity index (χ3v) is 4.14. The molecule has 104 valence electrons. The number of non-ortho nitro benzene ring substituents is 1. The fourth-order valence-electron chi connectivity index (χ4n) is 3.05. The molecule has 0 aliphatic heterocycles. The molecule has 0 spiro atoms. The Labute approximate surface area is 117 Å². The number of benzene rings is 1. The molecule has 1 aromatic carbocycles. The number of rotatable bonds is 3. The maximum atomic E-state index is 11.1. The van der Waals surface area contributed by atoms with Crippen LogP contribution >= 0.6 is 0 Å². The van der Waals surface area contributed by atoms with Crippen molar-refractivity contribution in [2.75, 3.05) is 5.32 Å². The number of nitrogens with one attached hydrogen (secondary N) is 1. The Morgan fingerprint density at radius 1 is 1.25 bits per heavy atom. The number of fused-ring (bicyclic) bond motifs is 1. The van der Waals surface area contributed by atoms with Gasteiger partial charge in [0.25, 0.3) is 5.69 Å². The summed E-state index contributed by atoms with van der Waals surface area (Å²) in [6, 6.07) is 5.21. The molecule has 0 saturated heterocycles. The third-order valence-electron chi connectivity index (χ3n) is 4.14. The minimum atomic E-state index is -0.356. The lowest BCUT2D eigenvalue weighted by molar-refractivity contribution is -0.383. The number of nitrogens with zero attached hydrogens (tertiary/aromatic N) is 2. The van der Waals surface area contributed by atoms with Crippen molar-refractivity contribution in [3.63, 3.8) is 0 Å². The summed E-state index contributed by atoms with van der Waals surface area (Å²) >= 11 is 0. The predicted octanol–water partition coefficient (Wildman–Crippen LogP) is 3.89. The van der Waals surface area contributed by atoms with Gasteiger partial charge in [-0.1, -0.05) is 12.8 Å². The van der Waals surface area contributed by atoms with Crippen molar-refractivity contribution >= 4 is 22.1 Å². The zero-order chi connectivity index (χ0) is 14.2. The standard InChI is InChI=1S/C15H17N3O2/c1-15(7-2-3-8-15)17-13-4-5-14(18(19)20)12-10-16-9-6-11(12)13/h4-6,9-10,17H,2-3,7-8H2,1H3. The number of hydrogen-bond donors (Lipinski definition) is 1. The maximum Gasteiger partial charge on any atom is 0.278 e. The van der Waals surface area contributed by atoms with Crippen molar-refractivity contribution in [3.05, 3.63) is 40.7 Å². The molecule has 0 amide bonds. The van der Waals surface area contributed by atoms with Crippen LogP contribution in [0.25, 0.3) is 10.8 Å².